The van der Waals surface area contributed by atoms with Crippen molar-refractivity contribution in [2.75, 3.05) is 5.32 Å². The van der Waals surface area contributed by atoms with Crippen LogP contribution in [0.4, 0.5) is 5.69 Å². The normalized spacial score (nSPS) is 19.7. The van der Waals surface area contributed by atoms with Gasteiger partial charge in [-0.05, 0) is 25.1 Å². The molecular weight excluding hydrogens is 302 g/mol. The number of Topliss-reactive ketones (excluding diaryl/α,β-unsaturated/α-hetero) is 1. The molecule has 2 aromatic rings. The summed E-state index contributed by atoms with van der Waals surface area (Å²) in [7, 11) is 0. The minimum absolute atomic E-state index is 0.324. The van der Waals surface area contributed by atoms with Crippen molar-refractivity contribution in [3.8, 4) is 0 Å². The van der Waals surface area contributed by atoms with Gasteiger partial charge in [0.2, 0.25) is 0 Å². The first-order chi connectivity index (χ1) is 10.4. The summed E-state index contributed by atoms with van der Waals surface area (Å²) in [6.07, 6.45) is -0.324. The molecule has 1 atom stereocenters. The Balaban J connectivity index is 1.96. The largest absolute Gasteiger partial charge is 0.375 e. The molecule has 112 valence electrons. The number of ketones is 1. The van der Waals surface area contributed by atoms with Gasteiger partial charge in [-0.25, -0.2) is 0 Å². The highest BCUT2D eigenvalue weighted by molar-refractivity contribution is 6.31. The van der Waals surface area contributed by atoms with Crippen molar-refractivity contribution in [3.05, 3.63) is 64.2 Å². The summed E-state index contributed by atoms with van der Waals surface area (Å²) in [6.45, 7) is 1.86. The van der Waals surface area contributed by atoms with Gasteiger partial charge in [-0.3, -0.25) is 9.59 Å². The van der Waals surface area contributed by atoms with Gasteiger partial charge in [0.25, 0.3) is 5.91 Å². The van der Waals surface area contributed by atoms with Crippen LogP contribution in [0.1, 0.15) is 27.9 Å². The zero-order valence-electron chi connectivity index (χ0n) is 11.9. The summed E-state index contributed by atoms with van der Waals surface area (Å²) in [4.78, 5) is 24.6. The van der Waals surface area contributed by atoms with Crippen molar-refractivity contribution in [1.29, 1.82) is 0 Å². The van der Waals surface area contributed by atoms with Crippen LogP contribution < -0.4 is 5.32 Å². The molecule has 0 spiro atoms. The third kappa shape index (κ3) is 2.40. The van der Waals surface area contributed by atoms with E-state index < -0.39 is 11.5 Å². The van der Waals surface area contributed by atoms with Crippen LogP contribution in [0.2, 0.25) is 5.02 Å². The number of benzene rings is 2. The molecule has 2 aromatic carbocycles. The highest BCUT2D eigenvalue weighted by Crippen LogP contribution is 2.39. The molecule has 0 saturated heterocycles. The standard InChI is InChI=1S/C17H14ClNO3/c1-10-5-6-14-13(7-10)17(22,16(21)19-14)9-15(20)11-3-2-4-12(18)8-11/h2-8,22H,9H2,1H3,(H,19,21)/t17-/m1/s1. The summed E-state index contributed by atoms with van der Waals surface area (Å²) < 4.78 is 0. The van der Waals surface area contributed by atoms with E-state index in [0.29, 0.717) is 21.8 Å². The Kier molecular flexibility index (Phi) is 3.51. The van der Waals surface area contributed by atoms with Gasteiger partial charge in [0.1, 0.15) is 0 Å². The number of carbonyl (C=O) groups excluding carboxylic acids is 2. The fourth-order valence-electron chi connectivity index (χ4n) is 2.63. The maximum Gasteiger partial charge on any atom is 0.261 e. The monoisotopic (exact) mass is 315 g/mol. The second kappa shape index (κ2) is 5.23. The minimum Gasteiger partial charge on any atom is -0.375 e. The van der Waals surface area contributed by atoms with E-state index in [1.165, 1.54) is 6.07 Å². The molecule has 22 heavy (non-hydrogen) atoms. The molecule has 0 unspecified atom stereocenters. The molecule has 0 saturated carbocycles. The first-order valence-corrected chi connectivity index (χ1v) is 7.22. The van der Waals surface area contributed by atoms with Crippen LogP contribution >= 0.6 is 11.6 Å². The average molecular weight is 316 g/mol. The van der Waals surface area contributed by atoms with E-state index in [1.807, 2.05) is 13.0 Å². The molecule has 1 aliphatic heterocycles. The van der Waals surface area contributed by atoms with Gasteiger partial charge in [0.15, 0.2) is 11.4 Å². The number of anilines is 1. The highest BCUT2D eigenvalue weighted by Gasteiger charge is 2.46. The Morgan fingerprint density at radius 3 is 2.77 bits per heavy atom. The lowest BCUT2D eigenvalue weighted by Gasteiger charge is -2.20. The second-order valence-corrected chi connectivity index (χ2v) is 5.91. The maximum atomic E-state index is 12.4. The lowest BCUT2D eigenvalue weighted by molar-refractivity contribution is -0.133. The summed E-state index contributed by atoms with van der Waals surface area (Å²) in [5, 5.41) is 13.8. The van der Waals surface area contributed by atoms with Crippen LogP contribution in [0.15, 0.2) is 42.5 Å². The van der Waals surface area contributed by atoms with E-state index in [1.54, 1.807) is 30.3 Å². The van der Waals surface area contributed by atoms with Crippen LogP contribution in [-0.4, -0.2) is 16.8 Å². The molecular formula is C17H14ClNO3. The predicted octanol–water partition coefficient (Wildman–Crippen LogP) is 3.06. The van der Waals surface area contributed by atoms with Crippen LogP contribution in [-0.2, 0) is 10.4 Å². The summed E-state index contributed by atoms with van der Waals surface area (Å²) in [5.41, 5.74) is 0.407. The number of rotatable bonds is 3. The van der Waals surface area contributed by atoms with Crippen molar-refractivity contribution < 1.29 is 14.7 Å². The van der Waals surface area contributed by atoms with Gasteiger partial charge in [0, 0.05) is 21.8 Å². The summed E-state index contributed by atoms with van der Waals surface area (Å²) in [6, 6.07) is 11.7. The molecule has 5 heteroatoms. The van der Waals surface area contributed by atoms with Crippen LogP contribution in [0.5, 0.6) is 0 Å². The molecule has 0 fully saturated rings. The smallest absolute Gasteiger partial charge is 0.261 e. The van der Waals surface area contributed by atoms with Crippen LogP contribution in [0.25, 0.3) is 0 Å². The van der Waals surface area contributed by atoms with Crippen molar-refractivity contribution in [3.63, 3.8) is 0 Å². The van der Waals surface area contributed by atoms with E-state index in [9.17, 15) is 14.7 Å². The lowest BCUT2D eigenvalue weighted by atomic mass is 9.87. The van der Waals surface area contributed by atoms with Crippen molar-refractivity contribution >= 4 is 29.0 Å². The Morgan fingerprint density at radius 2 is 2.05 bits per heavy atom. The predicted molar refractivity (Wildman–Crippen MR) is 84.1 cm³/mol. The molecule has 3 rings (SSSR count). The van der Waals surface area contributed by atoms with Gasteiger partial charge in [-0.1, -0.05) is 41.4 Å². The van der Waals surface area contributed by atoms with Crippen molar-refractivity contribution in [2.45, 2.75) is 18.9 Å². The third-order valence-corrected chi connectivity index (χ3v) is 4.04. The molecule has 2 N–H and O–H groups in total. The first kappa shape index (κ1) is 14.8. The topological polar surface area (TPSA) is 66.4 Å². The molecule has 1 aliphatic rings. The number of amides is 1. The quantitative estimate of drug-likeness (QED) is 0.855. The van der Waals surface area contributed by atoms with Crippen molar-refractivity contribution in [2.24, 2.45) is 0 Å². The lowest BCUT2D eigenvalue weighted by Crippen LogP contribution is -2.36. The Bertz CT molecular complexity index is 787. The maximum absolute atomic E-state index is 12.4. The van der Waals surface area contributed by atoms with Gasteiger partial charge >= 0.3 is 0 Å². The number of carbonyl (C=O) groups is 2. The molecule has 1 amide bonds. The number of hydrogen-bond acceptors (Lipinski definition) is 3. The Morgan fingerprint density at radius 1 is 1.27 bits per heavy atom. The van der Waals surface area contributed by atoms with E-state index in [-0.39, 0.29) is 12.2 Å². The molecule has 0 aromatic heterocycles. The summed E-state index contributed by atoms with van der Waals surface area (Å²) in [5.74, 6) is -0.919. The molecule has 0 aliphatic carbocycles. The van der Waals surface area contributed by atoms with E-state index in [4.69, 9.17) is 11.6 Å². The molecule has 0 bridgehead atoms. The van der Waals surface area contributed by atoms with Gasteiger partial charge in [-0.15, -0.1) is 0 Å². The average Bonchev–Trinajstić information content (AvgIpc) is 2.71. The summed E-state index contributed by atoms with van der Waals surface area (Å²) >= 11 is 5.88. The van der Waals surface area contributed by atoms with Crippen LogP contribution in [0, 0.1) is 6.92 Å². The SMILES string of the molecule is Cc1ccc2c(c1)[C@](O)(CC(=O)c1cccc(Cl)c1)C(=O)N2. The van der Waals surface area contributed by atoms with Gasteiger partial charge < -0.3 is 10.4 Å². The minimum atomic E-state index is -1.85. The fourth-order valence-corrected chi connectivity index (χ4v) is 2.82. The van der Waals surface area contributed by atoms with E-state index in [0.717, 1.165) is 5.56 Å². The number of fused-ring (bicyclic) bond motifs is 1. The zero-order valence-corrected chi connectivity index (χ0v) is 12.6. The Hall–Kier alpha value is -2.17. The van der Waals surface area contributed by atoms with Gasteiger partial charge in [-0.2, -0.15) is 0 Å². The number of hydrogen-bond donors (Lipinski definition) is 2. The highest BCUT2D eigenvalue weighted by atomic mass is 35.5. The zero-order chi connectivity index (χ0) is 15.9. The Labute approximate surface area is 132 Å². The molecule has 4 nitrogen and oxygen atoms in total. The fraction of sp³-hybridized carbons (Fsp3) is 0.176. The number of halogens is 1. The third-order valence-electron chi connectivity index (χ3n) is 3.81. The van der Waals surface area contributed by atoms with Gasteiger partial charge in [0.05, 0.1) is 6.42 Å². The first-order valence-electron chi connectivity index (χ1n) is 6.84. The van der Waals surface area contributed by atoms with Crippen LogP contribution in [0.3, 0.4) is 0 Å². The molecule has 1 heterocycles. The number of aryl methyl sites for hydroxylation is 1. The second-order valence-electron chi connectivity index (χ2n) is 5.47. The number of aliphatic hydroxyl groups is 1. The van der Waals surface area contributed by atoms with Crippen molar-refractivity contribution in [1.82, 2.24) is 0 Å². The molecule has 0 radical (unpaired) electrons. The van der Waals surface area contributed by atoms with E-state index in [2.05, 4.69) is 5.32 Å². The van der Waals surface area contributed by atoms with E-state index >= 15 is 0 Å². The number of nitrogens with one attached hydrogen (secondary N) is 1.